The first-order valence-electron chi connectivity index (χ1n) is 6.82. The van der Waals surface area contributed by atoms with Crippen LogP contribution in [0.3, 0.4) is 0 Å². The van der Waals surface area contributed by atoms with Gasteiger partial charge >= 0.3 is 5.97 Å². The van der Waals surface area contributed by atoms with E-state index in [0.29, 0.717) is 5.92 Å². The highest BCUT2D eigenvalue weighted by molar-refractivity contribution is 5.70. The largest absolute Gasteiger partial charge is 0.481 e. The van der Waals surface area contributed by atoms with Gasteiger partial charge in [-0.25, -0.2) is 0 Å². The van der Waals surface area contributed by atoms with Gasteiger partial charge in [-0.2, -0.15) is 0 Å². The fraction of sp³-hybridized carbons (Fsp3) is 0.533. The van der Waals surface area contributed by atoms with Crippen LogP contribution in [0.25, 0.3) is 0 Å². The van der Waals surface area contributed by atoms with Gasteiger partial charge in [-0.15, -0.1) is 0 Å². The van der Waals surface area contributed by atoms with E-state index in [0.717, 1.165) is 37.2 Å². The zero-order chi connectivity index (χ0) is 13.8. The number of hydrogen-bond donors (Lipinski definition) is 2. The molecule has 4 nitrogen and oxygen atoms in total. The molecule has 1 heterocycles. The van der Waals surface area contributed by atoms with Crippen LogP contribution < -0.4 is 5.73 Å². The number of rotatable bonds is 4. The Bertz CT molecular complexity index is 448. The van der Waals surface area contributed by atoms with E-state index in [1.807, 2.05) is 24.3 Å². The van der Waals surface area contributed by atoms with Gasteiger partial charge in [0.25, 0.3) is 0 Å². The van der Waals surface area contributed by atoms with E-state index >= 15 is 0 Å². The fourth-order valence-corrected chi connectivity index (χ4v) is 2.60. The molecule has 0 saturated carbocycles. The first-order chi connectivity index (χ1) is 9.06. The maximum absolute atomic E-state index is 10.9. The van der Waals surface area contributed by atoms with E-state index in [2.05, 4.69) is 11.8 Å². The Kier molecular flexibility index (Phi) is 4.56. The highest BCUT2D eigenvalue weighted by Crippen LogP contribution is 2.19. The van der Waals surface area contributed by atoms with Crippen molar-refractivity contribution in [3.05, 3.63) is 35.4 Å². The number of benzene rings is 1. The van der Waals surface area contributed by atoms with Crippen molar-refractivity contribution < 1.29 is 9.90 Å². The number of carboxylic acids is 1. The molecule has 0 aromatic heterocycles. The van der Waals surface area contributed by atoms with Gasteiger partial charge in [-0.3, -0.25) is 9.69 Å². The third kappa shape index (κ3) is 3.78. The van der Waals surface area contributed by atoms with Crippen LogP contribution in [0.5, 0.6) is 0 Å². The SMILES string of the molecule is CC1CCN(Cc2ccccc2CC(=O)O)CC1N. The highest BCUT2D eigenvalue weighted by atomic mass is 16.4. The molecule has 2 unspecified atom stereocenters. The van der Waals surface area contributed by atoms with Crippen LogP contribution in [-0.2, 0) is 17.8 Å². The number of carbonyl (C=O) groups is 1. The Hall–Kier alpha value is -1.39. The third-order valence-corrected chi connectivity index (χ3v) is 3.95. The smallest absolute Gasteiger partial charge is 0.307 e. The number of nitrogens with zero attached hydrogens (tertiary/aromatic N) is 1. The summed E-state index contributed by atoms with van der Waals surface area (Å²) < 4.78 is 0. The van der Waals surface area contributed by atoms with Crippen molar-refractivity contribution in [1.29, 1.82) is 0 Å². The van der Waals surface area contributed by atoms with Gasteiger partial charge in [0, 0.05) is 19.1 Å². The van der Waals surface area contributed by atoms with Crippen LogP contribution in [0.4, 0.5) is 0 Å². The molecule has 1 aromatic carbocycles. The average Bonchev–Trinajstić information content (AvgIpc) is 2.36. The Morgan fingerprint density at radius 3 is 2.74 bits per heavy atom. The molecule has 1 aliphatic heterocycles. The summed E-state index contributed by atoms with van der Waals surface area (Å²) >= 11 is 0. The van der Waals surface area contributed by atoms with Crippen LogP contribution in [0.2, 0.25) is 0 Å². The second-order valence-electron chi connectivity index (χ2n) is 5.50. The average molecular weight is 262 g/mol. The van der Waals surface area contributed by atoms with E-state index in [1.165, 1.54) is 0 Å². The summed E-state index contributed by atoms with van der Waals surface area (Å²) in [6, 6.07) is 8.00. The minimum atomic E-state index is -0.781. The van der Waals surface area contributed by atoms with Crippen molar-refractivity contribution in [3.8, 4) is 0 Å². The predicted octanol–water partition coefficient (Wildman–Crippen LogP) is 1.48. The topological polar surface area (TPSA) is 66.6 Å². The molecule has 0 spiro atoms. The third-order valence-electron chi connectivity index (χ3n) is 3.95. The molecule has 3 N–H and O–H groups in total. The number of nitrogens with two attached hydrogens (primary N) is 1. The number of hydrogen-bond acceptors (Lipinski definition) is 3. The van der Waals surface area contributed by atoms with E-state index in [9.17, 15) is 4.79 Å². The molecular weight excluding hydrogens is 240 g/mol. The number of carboxylic acid groups (broad SMARTS) is 1. The van der Waals surface area contributed by atoms with Crippen LogP contribution in [0.1, 0.15) is 24.5 Å². The van der Waals surface area contributed by atoms with Gasteiger partial charge < -0.3 is 10.8 Å². The fourth-order valence-electron chi connectivity index (χ4n) is 2.60. The summed E-state index contributed by atoms with van der Waals surface area (Å²) in [5, 5.41) is 8.94. The number of aliphatic carboxylic acids is 1. The zero-order valence-corrected chi connectivity index (χ0v) is 11.4. The Labute approximate surface area is 114 Å². The normalized spacial score (nSPS) is 24.3. The van der Waals surface area contributed by atoms with Crippen LogP contribution in [-0.4, -0.2) is 35.1 Å². The van der Waals surface area contributed by atoms with E-state index in [4.69, 9.17) is 10.8 Å². The lowest BCUT2D eigenvalue weighted by Crippen LogP contribution is -2.47. The van der Waals surface area contributed by atoms with E-state index < -0.39 is 5.97 Å². The zero-order valence-electron chi connectivity index (χ0n) is 11.4. The lowest BCUT2D eigenvalue weighted by atomic mass is 9.93. The van der Waals surface area contributed by atoms with Crippen molar-refractivity contribution in [2.75, 3.05) is 13.1 Å². The second kappa shape index (κ2) is 6.17. The maximum Gasteiger partial charge on any atom is 0.307 e. The summed E-state index contributed by atoms with van der Waals surface area (Å²) in [7, 11) is 0. The lowest BCUT2D eigenvalue weighted by molar-refractivity contribution is -0.136. The molecule has 19 heavy (non-hydrogen) atoms. The quantitative estimate of drug-likeness (QED) is 0.862. The molecule has 0 radical (unpaired) electrons. The van der Waals surface area contributed by atoms with Gasteiger partial charge in [0.15, 0.2) is 0 Å². The molecule has 4 heteroatoms. The molecule has 0 amide bonds. The van der Waals surface area contributed by atoms with E-state index in [-0.39, 0.29) is 12.5 Å². The summed E-state index contributed by atoms with van der Waals surface area (Å²) in [4.78, 5) is 13.2. The van der Waals surface area contributed by atoms with Crippen molar-refractivity contribution in [1.82, 2.24) is 4.90 Å². The molecule has 1 aliphatic rings. The summed E-state index contributed by atoms with van der Waals surface area (Å²) in [5.41, 5.74) is 8.11. The molecule has 0 aliphatic carbocycles. The molecular formula is C15H22N2O2. The molecule has 104 valence electrons. The minimum Gasteiger partial charge on any atom is -0.481 e. The second-order valence-corrected chi connectivity index (χ2v) is 5.50. The van der Waals surface area contributed by atoms with Crippen LogP contribution in [0.15, 0.2) is 24.3 Å². The van der Waals surface area contributed by atoms with Gasteiger partial charge in [-0.05, 0) is 30.0 Å². The lowest BCUT2D eigenvalue weighted by Gasteiger charge is -2.35. The Balaban J connectivity index is 2.04. The molecule has 2 atom stereocenters. The molecule has 2 rings (SSSR count). The maximum atomic E-state index is 10.9. The predicted molar refractivity (Wildman–Crippen MR) is 74.8 cm³/mol. The number of piperidine rings is 1. The molecule has 1 fully saturated rings. The summed E-state index contributed by atoms with van der Waals surface area (Å²) in [6.07, 6.45) is 1.20. The highest BCUT2D eigenvalue weighted by Gasteiger charge is 2.23. The first kappa shape index (κ1) is 14.0. The van der Waals surface area contributed by atoms with Crippen LogP contribution in [0, 0.1) is 5.92 Å². The Morgan fingerprint density at radius 2 is 2.11 bits per heavy atom. The van der Waals surface area contributed by atoms with Crippen molar-refractivity contribution in [2.24, 2.45) is 11.7 Å². The molecule has 1 saturated heterocycles. The van der Waals surface area contributed by atoms with Gasteiger partial charge in [0.2, 0.25) is 0 Å². The van der Waals surface area contributed by atoms with E-state index in [1.54, 1.807) is 0 Å². The molecule has 1 aromatic rings. The monoisotopic (exact) mass is 262 g/mol. The Morgan fingerprint density at radius 1 is 1.42 bits per heavy atom. The van der Waals surface area contributed by atoms with Gasteiger partial charge in [0.1, 0.15) is 0 Å². The first-order valence-corrected chi connectivity index (χ1v) is 6.82. The standard InChI is InChI=1S/C15H22N2O2/c1-11-6-7-17(10-14(11)16)9-13-5-3-2-4-12(13)8-15(18)19/h2-5,11,14H,6-10,16H2,1H3,(H,18,19). The van der Waals surface area contributed by atoms with Gasteiger partial charge in [-0.1, -0.05) is 31.2 Å². The van der Waals surface area contributed by atoms with Crippen LogP contribution >= 0.6 is 0 Å². The minimum absolute atomic E-state index is 0.0898. The molecule has 0 bridgehead atoms. The van der Waals surface area contributed by atoms with Crippen molar-refractivity contribution >= 4 is 5.97 Å². The van der Waals surface area contributed by atoms with Crippen molar-refractivity contribution in [3.63, 3.8) is 0 Å². The van der Waals surface area contributed by atoms with Crippen molar-refractivity contribution in [2.45, 2.75) is 32.4 Å². The summed E-state index contributed by atoms with van der Waals surface area (Å²) in [5.74, 6) is -0.207. The van der Waals surface area contributed by atoms with Gasteiger partial charge in [0.05, 0.1) is 6.42 Å². The summed E-state index contributed by atoms with van der Waals surface area (Å²) in [6.45, 7) is 4.92. The number of likely N-dealkylation sites (tertiary alicyclic amines) is 1.